The molecule has 5 nitrogen and oxygen atoms in total. The maximum absolute atomic E-state index is 10.4. The van der Waals surface area contributed by atoms with Crippen molar-refractivity contribution in [3.05, 3.63) is 30.1 Å². The molecule has 0 radical (unpaired) electrons. The van der Waals surface area contributed by atoms with E-state index in [1.54, 1.807) is 0 Å². The third kappa shape index (κ3) is 4.06. The number of H-pyrrole nitrogens is 1. The summed E-state index contributed by atoms with van der Waals surface area (Å²) in [6.07, 6.45) is 6.66. The number of aliphatic carboxylic acids is 1. The molecule has 3 N–H and O–H groups in total. The van der Waals surface area contributed by atoms with Crippen LogP contribution in [0.4, 0.5) is 0 Å². The van der Waals surface area contributed by atoms with Gasteiger partial charge < -0.3 is 15.4 Å². The van der Waals surface area contributed by atoms with Gasteiger partial charge in [-0.3, -0.25) is 4.79 Å². The summed E-state index contributed by atoms with van der Waals surface area (Å²) in [6, 6.07) is 4.45. The number of carboxylic acid groups (broad SMARTS) is 1. The number of nitrogens with zero attached hydrogens (tertiary/aromatic N) is 1. The van der Waals surface area contributed by atoms with Crippen molar-refractivity contribution in [2.24, 2.45) is 0 Å². The summed E-state index contributed by atoms with van der Waals surface area (Å²) >= 11 is 0. The highest BCUT2D eigenvalue weighted by atomic mass is 16.4. The molecule has 0 bridgehead atoms. The van der Waals surface area contributed by atoms with E-state index in [1.807, 2.05) is 24.5 Å². The molecule has 0 saturated heterocycles. The van der Waals surface area contributed by atoms with Crippen LogP contribution < -0.4 is 5.32 Å². The van der Waals surface area contributed by atoms with Crippen molar-refractivity contribution in [1.82, 2.24) is 15.3 Å². The second-order valence-corrected chi connectivity index (χ2v) is 5.13. The Morgan fingerprint density at radius 2 is 2.30 bits per heavy atom. The number of aromatic amines is 1. The molecule has 108 valence electrons. The van der Waals surface area contributed by atoms with Gasteiger partial charge >= 0.3 is 5.97 Å². The molecule has 2 heterocycles. The number of pyridine rings is 1. The van der Waals surface area contributed by atoms with Crippen LogP contribution in [0.25, 0.3) is 11.0 Å². The molecule has 0 spiro atoms. The van der Waals surface area contributed by atoms with Crippen LogP contribution in [0, 0.1) is 0 Å². The van der Waals surface area contributed by atoms with Gasteiger partial charge in [-0.1, -0.05) is 6.42 Å². The van der Waals surface area contributed by atoms with Crippen LogP contribution in [0.3, 0.4) is 0 Å². The molecule has 1 atom stereocenters. The summed E-state index contributed by atoms with van der Waals surface area (Å²) < 4.78 is 0. The fourth-order valence-electron chi connectivity index (χ4n) is 2.29. The Morgan fingerprint density at radius 3 is 3.10 bits per heavy atom. The van der Waals surface area contributed by atoms with Gasteiger partial charge in [-0.15, -0.1) is 0 Å². The predicted molar refractivity (Wildman–Crippen MR) is 78.5 cm³/mol. The molecule has 0 aliphatic heterocycles. The minimum absolute atomic E-state index is 0.265. The minimum Gasteiger partial charge on any atom is -0.481 e. The molecule has 0 saturated carbocycles. The monoisotopic (exact) mass is 275 g/mol. The number of rotatable bonds is 8. The number of carbonyl (C=O) groups is 1. The van der Waals surface area contributed by atoms with Crippen molar-refractivity contribution < 1.29 is 9.90 Å². The summed E-state index contributed by atoms with van der Waals surface area (Å²) in [7, 11) is 0. The van der Waals surface area contributed by atoms with Gasteiger partial charge in [0.1, 0.15) is 5.65 Å². The van der Waals surface area contributed by atoms with Crippen molar-refractivity contribution in [2.75, 3.05) is 0 Å². The zero-order valence-electron chi connectivity index (χ0n) is 11.7. The SMILES string of the molecule is CC(CCCCC(=O)O)NCc1ccnc2[nH]ccc12. The highest BCUT2D eigenvalue weighted by Crippen LogP contribution is 2.15. The van der Waals surface area contributed by atoms with Crippen molar-refractivity contribution in [2.45, 2.75) is 45.2 Å². The summed E-state index contributed by atoms with van der Waals surface area (Å²) in [5, 5.41) is 13.2. The predicted octanol–water partition coefficient (Wildman–Crippen LogP) is 2.69. The molecule has 0 aliphatic rings. The molecule has 20 heavy (non-hydrogen) atoms. The summed E-state index contributed by atoms with van der Waals surface area (Å²) in [5.74, 6) is -0.711. The quantitative estimate of drug-likeness (QED) is 0.647. The number of hydrogen-bond acceptors (Lipinski definition) is 3. The molecule has 0 aromatic carbocycles. The molecule has 2 aromatic heterocycles. The van der Waals surface area contributed by atoms with Crippen molar-refractivity contribution in [1.29, 1.82) is 0 Å². The van der Waals surface area contributed by atoms with Crippen LogP contribution in [-0.2, 0) is 11.3 Å². The molecular formula is C15H21N3O2. The first kappa shape index (κ1) is 14.5. The molecule has 1 unspecified atom stereocenters. The number of unbranched alkanes of at least 4 members (excludes halogenated alkanes) is 1. The van der Waals surface area contributed by atoms with E-state index in [9.17, 15) is 4.79 Å². The van der Waals surface area contributed by atoms with Crippen molar-refractivity contribution in [3.8, 4) is 0 Å². The Balaban J connectivity index is 1.77. The molecule has 5 heteroatoms. The topological polar surface area (TPSA) is 78.0 Å². The zero-order chi connectivity index (χ0) is 14.4. The molecule has 0 aliphatic carbocycles. The average Bonchev–Trinajstić information content (AvgIpc) is 2.90. The molecule has 2 aromatic rings. The average molecular weight is 275 g/mol. The van der Waals surface area contributed by atoms with Crippen molar-refractivity contribution >= 4 is 17.0 Å². The van der Waals surface area contributed by atoms with E-state index >= 15 is 0 Å². The van der Waals surface area contributed by atoms with E-state index in [0.717, 1.165) is 36.8 Å². The van der Waals surface area contributed by atoms with Gasteiger partial charge in [-0.05, 0) is 37.5 Å². The highest BCUT2D eigenvalue weighted by Gasteiger charge is 2.06. The second-order valence-electron chi connectivity index (χ2n) is 5.13. The third-order valence-electron chi connectivity index (χ3n) is 3.47. The fourth-order valence-corrected chi connectivity index (χ4v) is 2.29. The fraction of sp³-hybridized carbons (Fsp3) is 0.467. The first-order valence-corrected chi connectivity index (χ1v) is 7.03. The van der Waals surface area contributed by atoms with Crippen molar-refractivity contribution in [3.63, 3.8) is 0 Å². The Kier molecular flexibility index (Phi) is 5.12. The van der Waals surface area contributed by atoms with Gasteiger partial charge in [0, 0.05) is 36.8 Å². The largest absolute Gasteiger partial charge is 0.481 e. The van der Waals surface area contributed by atoms with E-state index in [2.05, 4.69) is 22.2 Å². The van der Waals surface area contributed by atoms with E-state index in [0.29, 0.717) is 6.04 Å². The lowest BCUT2D eigenvalue weighted by Crippen LogP contribution is -2.25. The maximum atomic E-state index is 10.4. The Hall–Kier alpha value is -1.88. The first-order chi connectivity index (χ1) is 9.66. The lowest BCUT2D eigenvalue weighted by molar-refractivity contribution is -0.137. The lowest BCUT2D eigenvalue weighted by atomic mass is 10.1. The van der Waals surface area contributed by atoms with E-state index in [1.165, 1.54) is 5.56 Å². The Bertz CT molecular complexity index is 565. The zero-order valence-corrected chi connectivity index (χ0v) is 11.7. The minimum atomic E-state index is -0.711. The van der Waals surface area contributed by atoms with Gasteiger partial charge in [0.05, 0.1) is 0 Å². The lowest BCUT2D eigenvalue weighted by Gasteiger charge is -2.13. The van der Waals surface area contributed by atoms with Crippen LogP contribution in [0.15, 0.2) is 24.5 Å². The molecular weight excluding hydrogens is 254 g/mol. The second kappa shape index (κ2) is 7.05. The standard InChI is InChI=1S/C15H21N3O2/c1-11(4-2-3-5-14(19)20)18-10-12-6-8-16-15-13(12)7-9-17-15/h6-9,11,18H,2-5,10H2,1H3,(H,16,17)(H,19,20). The smallest absolute Gasteiger partial charge is 0.303 e. The van der Waals surface area contributed by atoms with E-state index < -0.39 is 5.97 Å². The van der Waals surface area contributed by atoms with Gasteiger partial charge in [-0.2, -0.15) is 0 Å². The molecule has 0 amide bonds. The van der Waals surface area contributed by atoms with E-state index in [-0.39, 0.29) is 6.42 Å². The number of aromatic nitrogens is 2. The van der Waals surface area contributed by atoms with Gasteiger partial charge in [0.25, 0.3) is 0 Å². The Labute approximate surface area is 118 Å². The number of hydrogen-bond donors (Lipinski definition) is 3. The van der Waals surface area contributed by atoms with Crippen LogP contribution in [0.5, 0.6) is 0 Å². The first-order valence-electron chi connectivity index (χ1n) is 7.03. The number of carboxylic acids is 1. The van der Waals surface area contributed by atoms with Crippen LogP contribution in [0.1, 0.15) is 38.2 Å². The van der Waals surface area contributed by atoms with Crippen LogP contribution >= 0.6 is 0 Å². The summed E-state index contributed by atoms with van der Waals surface area (Å²) in [5.41, 5.74) is 2.15. The number of nitrogens with one attached hydrogen (secondary N) is 2. The van der Waals surface area contributed by atoms with E-state index in [4.69, 9.17) is 5.11 Å². The van der Waals surface area contributed by atoms with Gasteiger partial charge in [0.15, 0.2) is 0 Å². The van der Waals surface area contributed by atoms with Gasteiger partial charge in [-0.25, -0.2) is 4.98 Å². The highest BCUT2D eigenvalue weighted by molar-refractivity contribution is 5.79. The maximum Gasteiger partial charge on any atom is 0.303 e. The Morgan fingerprint density at radius 1 is 1.45 bits per heavy atom. The molecule has 0 fully saturated rings. The van der Waals surface area contributed by atoms with Gasteiger partial charge in [0.2, 0.25) is 0 Å². The normalized spacial score (nSPS) is 12.7. The summed E-state index contributed by atoms with van der Waals surface area (Å²) in [6.45, 7) is 2.94. The third-order valence-corrected chi connectivity index (χ3v) is 3.47. The van der Waals surface area contributed by atoms with Crippen LogP contribution in [0.2, 0.25) is 0 Å². The van der Waals surface area contributed by atoms with Crippen LogP contribution in [-0.4, -0.2) is 27.1 Å². The summed E-state index contributed by atoms with van der Waals surface area (Å²) in [4.78, 5) is 17.8. The molecule has 2 rings (SSSR count). The number of fused-ring (bicyclic) bond motifs is 1.